The Bertz CT molecular complexity index is 743. The van der Waals surface area contributed by atoms with Crippen molar-refractivity contribution in [3.63, 3.8) is 0 Å². The van der Waals surface area contributed by atoms with E-state index in [4.69, 9.17) is 5.11 Å². The van der Waals surface area contributed by atoms with E-state index in [2.05, 4.69) is 29.5 Å². The first-order valence-electron chi connectivity index (χ1n) is 8.77. The number of likely N-dealkylation sites (tertiary alicyclic amines) is 1. The lowest BCUT2D eigenvalue weighted by molar-refractivity contribution is 0.174. The van der Waals surface area contributed by atoms with Crippen molar-refractivity contribution in [1.29, 1.82) is 0 Å². The number of carbonyl (C=O) groups excluding carboxylic acids is 1. The first kappa shape index (κ1) is 17.4. The summed E-state index contributed by atoms with van der Waals surface area (Å²) in [5.41, 5.74) is 3.86. The predicted molar refractivity (Wildman–Crippen MR) is 95.4 cm³/mol. The van der Waals surface area contributed by atoms with Crippen molar-refractivity contribution < 1.29 is 9.90 Å². The highest BCUT2D eigenvalue weighted by molar-refractivity contribution is 5.89. The Morgan fingerprint density at radius 1 is 1.44 bits per heavy atom. The number of amides is 2. The Balaban J connectivity index is 1.65. The van der Waals surface area contributed by atoms with E-state index in [1.807, 2.05) is 23.1 Å². The largest absolute Gasteiger partial charge is 0.390 e. The van der Waals surface area contributed by atoms with Gasteiger partial charge in [-0.1, -0.05) is 18.2 Å². The molecule has 0 saturated carbocycles. The van der Waals surface area contributed by atoms with Crippen LogP contribution in [-0.2, 0) is 13.0 Å². The van der Waals surface area contributed by atoms with E-state index in [-0.39, 0.29) is 18.7 Å². The van der Waals surface area contributed by atoms with Gasteiger partial charge in [0.1, 0.15) is 5.69 Å². The van der Waals surface area contributed by atoms with Crippen LogP contribution < -0.4 is 5.32 Å². The van der Waals surface area contributed by atoms with Crippen LogP contribution in [0.15, 0.2) is 24.4 Å². The van der Waals surface area contributed by atoms with Crippen molar-refractivity contribution in [1.82, 2.24) is 19.9 Å². The number of aliphatic hydroxyl groups excluding tert-OH is 1. The van der Waals surface area contributed by atoms with Gasteiger partial charge in [-0.2, -0.15) is 0 Å². The minimum Gasteiger partial charge on any atom is -0.390 e. The van der Waals surface area contributed by atoms with Crippen molar-refractivity contribution >= 4 is 11.7 Å². The number of carbonyl (C=O) groups is 1. The van der Waals surface area contributed by atoms with Crippen molar-refractivity contribution in [3.05, 3.63) is 41.2 Å². The van der Waals surface area contributed by atoms with Gasteiger partial charge in [0.05, 0.1) is 18.8 Å². The smallest absolute Gasteiger partial charge is 0.321 e. The molecule has 0 aliphatic carbocycles. The normalized spacial score (nSPS) is 17.6. The third-order valence-electron chi connectivity index (χ3n) is 4.76. The zero-order chi connectivity index (χ0) is 17.8. The maximum Gasteiger partial charge on any atom is 0.321 e. The quantitative estimate of drug-likeness (QED) is 0.893. The fraction of sp³-hybridized carbons (Fsp3) is 0.500. The average molecular weight is 343 g/mol. The number of rotatable bonds is 4. The molecule has 0 radical (unpaired) electrons. The third kappa shape index (κ3) is 3.99. The van der Waals surface area contributed by atoms with E-state index in [1.54, 1.807) is 10.9 Å². The Hall–Kier alpha value is -2.41. The predicted octanol–water partition coefficient (Wildman–Crippen LogP) is 2.51. The molecular weight excluding hydrogens is 318 g/mol. The number of nitrogens with zero attached hydrogens (tertiary/aromatic N) is 4. The fourth-order valence-electron chi connectivity index (χ4n) is 3.25. The molecule has 1 aliphatic rings. The summed E-state index contributed by atoms with van der Waals surface area (Å²) in [6.07, 6.45) is 4.56. The molecule has 7 heteroatoms. The van der Waals surface area contributed by atoms with Crippen LogP contribution >= 0.6 is 0 Å². The van der Waals surface area contributed by atoms with Crippen LogP contribution in [0, 0.1) is 6.92 Å². The average Bonchev–Trinajstić information content (AvgIpc) is 3.12. The van der Waals surface area contributed by atoms with E-state index < -0.39 is 0 Å². The van der Waals surface area contributed by atoms with Gasteiger partial charge < -0.3 is 15.3 Å². The molecule has 7 nitrogen and oxygen atoms in total. The van der Waals surface area contributed by atoms with Gasteiger partial charge in [-0.25, -0.2) is 9.48 Å². The van der Waals surface area contributed by atoms with Crippen LogP contribution in [0.25, 0.3) is 0 Å². The van der Waals surface area contributed by atoms with E-state index in [0.29, 0.717) is 12.2 Å². The molecule has 2 amide bonds. The third-order valence-corrected chi connectivity index (χ3v) is 4.76. The molecule has 2 aromatic rings. The van der Waals surface area contributed by atoms with E-state index in [1.165, 1.54) is 11.1 Å². The number of aryl methyl sites for hydroxylation is 2. The van der Waals surface area contributed by atoms with Crippen molar-refractivity contribution in [2.75, 3.05) is 18.4 Å². The Morgan fingerprint density at radius 2 is 2.28 bits per heavy atom. The zero-order valence-electron chi connectivity index (χ0n) is 14.8. The number of nitrogens with one attached hydrogen (secondary N) is 1. The summed E-state index contributed by atoms with van der Waals surface area (Å²) in [7, 11) is 0. The summed E-state index contributed by atoms with van der Waals surface area (Å²) < 4.78 is 1.76. The van der Waals surface area contributed by atoms with Gasteiger partial charge in [-0.3, -0.25) is 0 Å². The lowest BCUT2D eigenvalue weighted by atomic mass is 10.1. The highest BCUT2D eigenvalue weighted by Crippen LogP contribution is 2.22. The Kier molecular flexibility index (Phi) is 5.33. The minimum absolute atomic E-state index is 0.0851. The number of aliphatic hydroxyl groups is 1. The van der Waals surface area contributed by atoms with Gasteiger partial charge in [0.2, 0.25) is 0 Å². The SMILES string of the molecule is CCc1cc(NC(=O)N2CCC[C@@H](n3cc(CO)nn3)C2)ccc1C. The second-order valence-electron chi connectivity index (χ2n) is 6.52. The summed E-state index contributed by atoms with van der Waals surface area (Å²) in [4.78, 5) is 14.4. The van der Waals surface area contributed by atoms with Gasteiger partial charge >= 0.3 is 6.03 Å². The van der Waals surface area contributed by atoms with Crippen LogP contribution in [0.3, 0.4) is 0 Å². The molecule has 0 bridgehead atoms. The highest BCUT2D eigenvalue weighted by Gasteiger charge is 2.25. The summed E-state index contributed by atoms with van der Waals surface area (Å²) in [5, 5.41) is 20.1. The summed E-state index contributed by atoms with van der Waals surface area (Å²) in [6.45, 7) is 5.40. The lowest BCUT2D eigenvalue weighted by Crippen LogP contribution is -2.43. The number of hydrogen-bond donors (Lipinski definition) is 2. The highest BCUT2D eigenvalue weighted by atomic mass is 16.3. The number of anilines is 1. The molecule has 3 rings (SSSR count). The van der Waals surface area contributed by atoms with Crippen LogP contribution in [-0.4, -0.2) is 44.1 Å². The van der Waals surface area contributed by atoms with E-state index in [0.717, 1.165) is 31.5 Å². The molecule has 1 saturated heterocycles. The van der Waals surface area contributed by atoms with Crippen LogP contribution in [0.1, 0.15) is 42.6 Å². The number of urea groups is 1. The van der Waals surface area contributed by atoms with Crippen LogP contribution in [0.2, 0.25) is 0 Å². The summed E-state index contributed by atoms with van der Waals surface area (Å²) >= 11 is 0. The zero-order valence-corrected chi connectivity index (χ0v) is 14.8. The molecule has 0 unspecified atom stereocenters. The molecular formula is C18H25N5O2. The van der Waals surface area contributed by atoms with Gasteiger partial charge in [0.25, 0.3) is 0 Å². The number of hydrogen-bond acceptors (Lipinski definition) is 4. The van der Waals surface area contributed by atoms with E-state index in [9.17, 15) is 4.79 Å². The van der Waals surface area contributed by atoms with E-state index >= 15 is 0 Å². The molecule has 2 heterocycles. The van der Waals surface area contributed by atoms with Crippen LogP contribution in [0.5, 0.6) is 0 Å². The second-order valence-corrected chi connectivity index (χ2v) is 6.52. The first-order chi connectivity index (χ1) is 12.1. The molecule has 1 aromatic carbocycles. The molecule has 1 atom stereocenters. The Labute approximate surface area is 147 Å². The van der Waals surface area contributed by atoms with Crippen molar-refractivity contribution in [2.45, 2.75) is 45.8 Å². The van der Waals surface area contributed by atoms with Gasteiger partial charge in [-0.15, -0.1) is 5.10 Å². The van der Waals surface area contributed by atoms with Gasteiger partial charge in [-0.05, 0) is 49.4 Å². The molecule has 1 aromatic heterocycles. The number of aromatic nitrogens is 3. The molecule has 134 valence electrons. The first-order valence-corrected chi connectivity index (χ1v) is 8.77. The molecule has 1 fully saturated rings. The van der Waals surface area contributed by atoms with Gasteiger partial charge in [0.15, 0.2) is 0 Å². The van der Waals surface area contributed by atoms with Crippen molar-refractivity contribution in [2.24, 2.45) is 0 Å². The Morgan fingerprint density at radius 3 is 3.00 bits per heavy atom. The number of benzene rings is 1. The van der Waals surface area contributed by atoms with Crippen LogP contribution in [0.4, 0.5) is 10.5 Å². The molecule has 0 spiro atoms. The molecule has 25 heavy (non-hydrogen) atoms. The summed E-state index contributed by atoms with van der Waals surface area (Å²) in [6, 6.07) is 6.03. The standard InChI is InChI=1S/C18H25N5O2/c1-3-14-9-15(7-6-13(14)2)19-18(25)22-8-4-5-17(11-22)23-10-16(12-24)20-21-23/h6-7,9-10,17,24H,3-5,8,11-12H2,1-2H3,(H,19,25)/t17-/m1/s1. The maximum absolute atomic E-state index is 12.6. The second kappa shape index (κ2) is 7.65. The van der Waals surface area contributed by atoms with Gasteiger partial charge in [0, 0.05) is 18.8 Å². The molecule has 1 aliphatic heterocycles. The monoisotopic (exact) mass is 343 g/mol. The molecule has 2 N–H and O–H groups in total. The van der Waals surface area contributed by atoms with Crippen molar-refractivity contribution in [3.8, 4) is 0 Å². The minimum atomic E-state index is -0.121. The topological polar surface area (TPSA) is 83.3 Å². The fourth-order valence-corrected chi connectivity index (χ4v) is 3.25. The lowest BCUT2D eigenvalue weighted by Gasteiger charge is -2.32. The summed E-state index contributed by atoms with van der Waals surface area (Å²) in [5.74, 6) is 0. The number of piperidine rings is 1. The maximum atomic E-state index is 12.6.